The van der Waals surface area contributed by atoms with Crippen LogP contribution in [0.3, 0.4) is 0 Å². The number of unbranched alkanes of at least 4 members (excludes halogenated alkanes) is 2. The Hall–Kier alpha value is -1.01. The molecule has 0 saturated carbocycles. The maximum Gasteiger partial charge on any atom is 0.221 e. The van der Waals surface area contributed by atoms with Gasteiger partial charge < -0.3 is 10.6 Å². The molecule has 0 radical (unpaired) electrons. The quantitative estimate of drug-likeness (QED) is 0.447. The molecule has 0 rings (SSSR count). The van der Waals surface area contributed by atoms with Gasteiger partial charge in [-0.25, -0.2) is 0 Å². The normalized spacial score (nSPS) is 9.43. The molecule has 0 aliphatic rings. The lowest BCUT2D eigenvalue weighted by Crippen LogP contribution is -2.27. The zero-order valence-corrected chi connectivity index (χ0v) is 8.94. The van der Waals surface area contributed by atoms with Crippen LogP contribution in [-0.4, -0.2) is 25.5 Å². The summed E-state index contributed by atoms with van der Waals surface area (Å²) >= 11 is 0. The van der Waals surface area contributed by atoms with Crippen molar-refractivity contribution >= 4 is 5.91 Å². The predicted molar refractivity (Wildman–Crippen MR) is 58.9 cm³/mol. The fourth-order valence-electron chi connectivity index (χ4n) is 1.09. The van der Waals surface area contributed by atoms with Crippen molar-refractivity contribution in [1.82, 2.24) is 10.6 Å². The minimum absolute atomic E-state index is 0.114. The number of hydrogen-bond acceptors (Lipinski definition) is 2. The van der Waals surface area contributed by atoms with Crippen LogP contribution >= 0.6 is 0 Å². The van der Waals surface area contributed by atoms with Crippen molar-refractivity contribution in [3.05, 3.63) is 0 Å². The zero-order valence-electron chi connectivity index (χ0n) is 8.94. The highest BCUT2D eigenvalue weighted by atomic mass is 16.1. The largest absolute Gasteiger partial charge is 0.356 e. The van der Waals surface area contributed by atoms with E-state index in [2.05, 4.69) is 16.6 Å². The van der Waals surface area contributed by atoms with Crippen LogP contribution in [0.5, 0.6) is 0 Å². The van der Waals surface area contributed by atoms with Gasteiger partial charge >= 0.3 is 0 Å². The third kappa shape index (κ3) is 9.08. The lowest BCUT2D eigenvalue weighted by molar-refractivity contribution is -0.120. The van der Waals surface area contributed by atoms with Gasteiger partial charge in [-0.15, -0.1) is 12.3 Å². The van der Waals surface area contributed by atoms with Crippen molar-refractivity contribution in [3.8, 4) is 12.3 Å². The van der Waals surface area contributed by atoms with Gasteiger partial charge in [-0.1, -0.05) is 0 Å². The standard InChI is InChI=1S/C11H20N2O/c1-3-5-6-7-9-12-10-8-11(14)13-4-2/h1,12H,4-10H2,2H3,(H,13,14). The summed E-state index contributed by atoms with van der Waals surface area (Å²) in [5.74, 6) is 2.72. The molecular formula is C11H20N2O. The molecule has 1 amide bonds. The molecule has 0 atom stereocenters. The third-order valence-electron chi connectivity index (χ3n) is 1.83. The maximum atomic E-state index is 11.0. The highest BCUT2D eigenvalue weighted by molar-refractivity contribution is 5.75. The van der Waals surface area contributed by atoms with Crippen LogP contribution < -0.4 is 10.6 Å². The van der Waals surface area contributed by atoms with Crippen LogP contribution in [0.25, 0.3) is 0 Å². The number of terminal acetylenes is 1. The Morgan fingerprint density at radius 2 is 2.14 bits per heavy atom. The summed E-state index contributed by atoms with van der Waals surface area (Å²) in [5, 5.41) is 5.96. The first-order valence-corrected chi connectivity index (χ1v) is 5.22. The van der Waals surface area contributed by atoms with E-state index in [1.807, 2.05) is 6.92 Å². The number of rotatable bonds is 8. The molecule has 0 aliphatic heterocycles. The Labute approximate surface area is 86.6 Å². The molecule has 0 aromatic carbocycles. The van der Waals surface area contributed by atoms with Gasteiger partial charge in [0.25, 0.3) is 0 Å². The Balaban J connectivity index is 3.06. The lowest BCUT2D eigenvalue weighted by Gasteiger charge is -2.03. The van der Waals surface area contributed by atoms with Gasteiger partial charge in [0, 0.05) is 25.9 Å². The fourth-order valence-corrected chi connectivity index (χ4v) is 1.09. The summed E-state index contributed by atoms with van der Waals surface area (Å²) in [6, 6.07) is 0. The van der Waals surface area contributed by atoms with Crippen molar-refractivity contribution in [2.24, 2.45) is 0 Å². The summed E-state index contributed by atoms with van der Waals surface area (Å²) in [4.78, 5) is 11.0. The van der Waals surface area contributed by atoms with Gasteiger partial charge in [-0.3, -0.25) is 4.79 Å². The molecule has 14 heavy (non-hydrogen) atoms. The maximum absolute atomic E-state index is 11.0. The molecule has 3 nitrogen and oxygen atoms in total. The van der Waals surface area contributed by atoms with Crippen LogP contribution in [0, 0.1) is 12.3 Å². The van der Waals surface area contributed by atoms with Gasteiger partial charge in [0.2, 0.25) is 5.91 Å². The van der Waals surface area contributed by atoms with E-state index in [1.54, 1.807) is 0 Å². The van der Waals surface area contributed by atoms with Crippen LogP contribution in [0.15, 0.2) is 0 Å². The first-order chi connectivity index (χ1) is 6.81. The second-order valence-corrected chi connectivity index (χ2v) is 3.11. The van der Waals surface area contributed by atoms with E-state index in [0.717, 1.165) is 32.4 Å². The molecular weight excluding hydrogens is 176 g/mol. The Morgan fingerprint density at radius 3 is 2.79 bits per heavy atom. The molecule has 3 heteroatoms. The molecule has 0 spiro atoms. The Kier molecular flexibility index (Phi) is 9.35. The van der Waals surface area contributed by atoms with Crippen molar-refractivity contribution in [3.63, 3.8) is 0 Å². The molecule has 0 heterocycles. The van der Waals surface area contributed by atoms with E-state index < -0.39 is 0 Å². The van der Waals surface area contributed by atoms with Crippen LogP contribution in [0.2, 0.25) is 0 Å². The number of nitrogens with one attached hydrogen (secondary N) is 2. The average Bonchev–Trinajstić information content (AvgIpc) is 2.17. The third-order valence-corrected chi connectivity index (χ3v) is 1.83. The lowest BCUT2D eigenvalue weighted by atomic mass is 10.2. The predicted octanol–water partition coefficient (Wildman–Crippen LogP) is 0.906. The highest BCUT2D eigenvalue weighted by Gasteiger charge is 1.97. The van der Waals surface area contributed by atoms with Crippen molar-refractivity contribution < 1.29 is 4.79 Å². The van der Waals surface area contributed by atoms with Crippen LogP contribution in [0.1, 0.15) is 32.6 Å². The molecule has 0 unspecified atom stereocenters. The minimum atomic E-state index is 0.114. The first-order valence-electron chi connectivity index (χ1n) is 5.22. The molecule has 0 aromatic rings. The Morgan fingerprint density at radius 1 is 1.36 bits per heavy atom. The van der Waals surface area contributed by atoms with Crippen molar-refractivity contribution in [2.45, 2.75) is 32.6 Å². The van der Waals surface area contributed by atoms with E-state index in [-0.39, 0.29) is 5.91 Å². The molecule has 0 aromatic heterocycles. The SMILES string of the molecule is C#CCCCCNCCC(=O)NCC. The fraction of sp³-hybridized carbons (Fsp3) is 0.727. The number of carbonyl (C=O) groups is 1. The monoisotopic (exact) mass is 196 g/mol. The van der Waals surface area contributed by atoms with E-state index >= 15 is 0 Å². The topological polar surface area (TPSA) is 41.1 Å². The van der Waals surface area contributed by atoms with Gasteiger partial charge in [-0.2, -0.15) is 0 Å². The van der Waals surface area contributed by atoms with E-state index in [9.17, 15) is 4.79 Å². The highest BCUT2D eigenvalue weighted by Crippen LogP contribution is 1.91. The minimum Gasteiger partial charge on any atom is -0.356 e. The molecule has 80 valence electrons. The van der Waals surface area contributed by atoms with Crippen molar-refractivity contribution in [2.75, 3.05) is 19.6 Å². The summed E-state index contributed by atoms with van der Waals surface area (Å²) in [6.07, 6.45) is 8.67. The number of hydrogen-bond donors (Lipinski definition) is 2. The van der Waals surface area contributed by atoms with Gasteiger partial charge in [0.15, 0.2) is 0 Å². The van der Waals surface area contributed by atoms with Crippen LogP contribution in [0.4, 0.5) is 0 Å². The first kappa shape index (κ1) is 13.0. The van der Waals surface area contributed by atoms with E-state index in [0.29, 0.717) is 13.0 Å². The second kappa shape index (κ2) is 10.1. The molecule has 0 aliphatic carbocycles. The number of amides is 1. The average molecular weight is 196 g/mol. The summed E-state index contributed by atoms with van der Waals surface area (Å²) in [7, 11) is 0. The number of carbonyl (C=O) groups excluding carboxylic acids is 1. The molecule has 0 fully saturated rings. The van der Waals surface area contributed by atoms with Crippen LogP contribution in [-0.2, 0) is 4.79 Å². The Bertz CT molecular complexity index is 184. The van der Waals surface area contributed by atoms with E-state index in [1.165, 1.54) is 0 Å². The van der Waals surface area contributed by atoms with E-state index in [4.69, 9.17) is 6.42 Å². The zero-order chi connectivity index (χ0) is 10.6. The summed E-state index contributed by atoms with van der Waals surface area (Å²) in [5.41, 5.74) is 0. The van der Waals surface area contributed by atoms with Gasteiger partial charge in [0.1, 0.15) is 0 Å². The molecule has 0 saturated heterocycles. The second-order valence-electron chi connectivity index (χ2n) is 3.11. The van der Waals surface area contributed by atoms with Gasteiger partial charge in [0.05, 0.1) is 0 Å². The summed E-state index contributed by atoms with van der Waals surface area (Å²) in [6.45, 7) is 4.33. The smallest absolute Gasteiger partial charge is 0.221 e. The molecule has 0 bridgehead atoms. The summed E-state index contributed by atoms with van der Waals surface area (Å²) < 4.78 is 0. The molecule has 2 N–H and O–H groups in total. The van der Waals surface area contributed by atoms with Crippen molar-refractivity contribution in [1.29, 1.82) is 0 Å². The van der Waals surface area contributed by atoms with Gasteiger partial charge in [-0.05, 0) is 26.3 Å².